The highest BCUT2D eigenvalue weighted by Gasteiger charge is 2.57. The second kappa shape index (κ2) is 8.68. The van der Waals surface area contributed by atoms with E-state index in [9.17, 15) is 23.5 Å². The van der Waals surface area contributed by atoms with E-state index in [0.717, 1.165) is 51.4 Å². The van der Waals surface area contributed by atoms with Crippen LogP contribution in [-0.4, -0.2) is 41.0 Å². The highest BCUT2D eigenvalue weighted by molar-refractivity contribution is 5.88. The van der Waals surface area contributed by atoms with Crippen molar-refractivity contribution in [3.05, 3.63) is 23.0 Å². The lowest BCUT2D eigenvalue weighted by Crippen LogP contribution is -2.55. The molecule has 0 unspecified atom stereocenters. The van der Waals surface area contributed by atoms with Gasteiger partial charge in [-0.1, -0.05) is 25.7 Å². The predicted octanol–water partition coefficient (Wildman–Crippen LogP) is 3.41. The lowest BCUT2D eigenvalue weighted by Gasteiger charge is -2.46. The van der Waals surface area contributed by atoms with Gasteiger partial charge in [-0.25, -0.2) is 8.78 Å². The number of hydrogen-bond acceptors (Lipinski definition) is 5. The number of nitrogens with one attached hydrogen (secondary N) is 1. The number of primary amides is 1. The SMILES string of the molecule is C[C@]1(C(N)=O)COc2c1cc([C@@](O)(CNC(=O)C1CCC1)C1CC(F)(F)C1)nc2C1CCCCC1. The zero-order chi connectivity index (χ0) is 25.0. The first-order chi connectivity index (χ1) is 16.5. The Bertz CT molecular complexity index is 1020. The summed E-state index contributed by atoms with van der Waals surface area (Å²) in [5.41, 5.74) is 4.28. The van der Waals surface area contributed by atoms with Gasteiger partial charge in [-0.3, -0.25) is 14.6 Å². The number of ether oxygens (including phenoxy) is 1. The largest absolute Gasteiger partial charge is 0.490 e. The number of halogens is 2. The Morgan fingerprint density at radius 2 is 1.89 bits per heavy atom. The van der Waals surface area contributed by atoms with Crippen molar-refractivity contribution in [3.63, 3.8) is 0 Å². The van der Waals surface area contributed by atoms with Gasteiger partial charge in [0.1, 0.15) is 23.4 Å². The van der Waals surface area contributed by atoms with Gasteiger partial charge in [0, 0.05) is 36.2 Å². The van der Waals surface area contributed by atoms with E-state index in [2.05, 4.69) is 5.32 Å². The number of nitrogens with zero attached hydrogens (tertiary/aromatic N) is 1. The Hall–Kier alpha value is -2.29. The lowest BCUT2D eigenvalue weighted by molar-refractivity contribution is -0.181. The lowest BCUT2D eigenvalue weighted by atomic mass is 9.68. The van der Waals surface area contributed by atoms with E-state index in [1.54, 1.807) is 13.0 Å². The maximum Gasteiger partial charge on any atom is 0.248 e. The van der Waals surface area contributed by atoms with Gasteiger partial charge in [0.15, 0.2) is 0 Å². The quantitative estimate of drug-likeness (QED) is 0.541. The molecular weight excluding hydrogens is 456 g/mol. The van der Waals surface area contributed by atoms with E-state index < -0.39 is 41.6 Å². The van der Waals surface area contributed by atoms with Crippen LogP contribution in [0.1, 0.15) is 94.0 Å². The van der Waals surface area contributed by atoms with Crippen LogP contribution in [0.2, 0.25) is 0 Å². The van der Waals surface area contributed by atoms with E-state index in [1.807, 2.05) is 0 Å². The Morgan fingerprint density at radius 1 is 1.20 bits per heavy atom. The van der Waals surface area contributed by atoms with Crippen LogP contribution < -0.4 is 15.8 Å². The Balaban J connectivity index is 1.57. The van der Waals surface area contributed by atoms with Gasteiger partial charge >= 0.3 is 0 Å². The van der Waals surface area contributed by atoms with Crippen LogP contribution >= 0.6 is 0 Å². The third-order valence-electron chi connectivity index (χ3n) is 8.85. The van der Waals surface area contributed by atoms with Crippen LogP contribution in [0.5, 0.6) is 5.75 Å². The first-order valence-corrected chi connectivity index (χ1v) is 12.9. The van der Waals surface area contributed by atoms with Crippen molar-refractivity contribution in [2.75, 3.05) is 13.2 Å². The van der Waals surface area contributed by atoms with Crippen LogP contribution in [-0.2, 0) is 20.6 Å². The predicted molar refractivity (Wildman–Crippen MR) is 124 cm³/mol. The average Bonchev–Trinajstić information content (AvgIpc) is 3.13. The highest BCUT2D eigenvalue weighted by Crippen LogP contribution is 2.53. The molecule has 3 saturated carbocycles. The Kier molecular flexibility index (Phi) is 6.05. The molecule has 0 aromatic carbocycles. The molecule has 7 nitrogen and oxygen atoms in total. The second-order valence-corrected chi connectivity index (χ2v) is 11.3. The molecule has 4 aliphatic rings. The summed E-state index contributed by atoms with van der Waals surface area (Å²) in [6, 6.07) is 1.60. The fourth-order valence-electron chi connectivity index (χ4n) is 5.97. The highest BCUT2D eigenvalue weighted by atomic mass is 19.3. The van der Waals surface area contributed by atoms with Gasteiger partial charge in [0.25, 0.3) is 0 Å². The van der Waals surface area contributed by atoms with E-state index in [0.29, 0.717) is 17.0 Å². The molecule has 0 bridgehead atoms. The molecule has 35 heavy (non-hydrogen) atoms. The summed E-state index contributed by atoms with van der Waals surface area (Å²) in [5.74, 6) is -3.83. The van der Waals surface area contributed by atoms with Gasteiger partial charge in [0.05, 0.1) is 17.9 Å². The molecule has 9 heteroatoms. The molecule has 1 aromatic heterocycles. The number of amides is 2. The zero-order valence-electron chi connectivity index (χ0n) is 20.2. The minimum atomic E-state index is -2.86. The number of aliphatic hydroxyl groups is 1. The van der Waals surface area contributed by atoms with E-state index in [4.69, 9.17) is 15.5 Å². The van der Waals surface area contributed by atoms with Crippen molar-refractivity contribution in [1.82, 2.24) is 10.3 Å². The normalized spacial score (nSPS) is 28.2. The standard InChI is InChI=1S/C26H35F2N3O4/c1-24(23(29)33)14-35-21-18(24)10-19(31-20(21)15-6-3-2-4-7-15)26(34,17-11-25(27,28)12-17)13-30-22(32)16-8-5-9-16/h10,15-17,34H,2-9,11-14H2,1H3,(H2,29,33)(H,30,32)/t24-,26+/m0/s1. The number of rotatable bonds is 7. The molecule has 5 rings (SSSR count). The van der Waals surface area contributed by atoms with Gasteiger partial charge in [-0.2, -0.15) is 0 Å². The smallest absolute Gasteiger partial charge is 0.248 e. The van der Waals surface area contributed by atoms with Crippen LogP contribution in [0.4, 0.5) is 8.78 Å². The third kappa shape index (κ3) is 4.19. The van der Waals surface area contributed by atoms with Crippen molar-refractivity contribution in [2.24, 2.45) is 17.6 Å². The molecule has 192 valence electrons. The summed E-state index contributed by atoms with van der Waals surface area (Å²) < 4.78 is 33.9. The number of nitrogens with two attached hydrogens (primary N) is 1. The Morgan fingerprint density at radius 3 is 2.46 bits per heavy atom. The molecule has 1 aromatic rings. The molecule has 3 aliphatic carbocycles. The van der Waals surface area contributed by atoms with Crippen molar-refractivity contribution >= 4 is 11.8 Å². The van der Waals surface area contributed by atoms with Gasteiger partial charge in [0.2, 0.25) is 17.7 Å². The Labute approximate surface area is 204 Å². The minimum Gasteiger partial charge on any atom is -0.490 e. The average molecular weight is 492 g/mol. The van der Waals surface area contributed by atoms with Crippen LogP contribution in [0.25, 0.3) is 0 Å². The summed E-state index contributed by atoms with van der Waals surface area (Å²) >= 11 is 0. The van der Waals surface area contributed by atoms with Gasteiger partial charge < -0.3 is 20.9 Å². The van der Waals surface area contributed by atoms with E-state index >= 15 is 0 Å². The van der Waals surface area contributed by atoms with Crippen molar-refractivity contribution in [2.45, 2.75) is 94.0 Å². The van der Waals surface area contributed by atoms with Gasteiger partial charge in [-0.15, -0.1) is 0 Å². The number of carbonyl (C=O) groups excluding carboxylic acids is 2. The fraction of sp³-hybridized carbons (Fsp3) is 0.731. The summed E-state index contributed by atoms with van der Waals surface area (Å²) in [6.07, 6.45) is 6.62. The number of aromatic nitrogens is 1. The minimum absolute atomic E-state index is 0.0703. The summed E-state index contributed by atoms with van der Waals surface area (Å²) in [6.45, 7) is 1.57. The molecule has 1 aliphatic heterocycles. The first-order valence-electron chi connectivity index (χ1n) is 12.9. The monoisotopic (exact) mass is 491 g/mol. The maximum absolute atomic E-state index is 13.9. The number of pyridine rings is 1. The third-order valence-corrected chi connectivity index (χ3v) is 8.85. The number of hydrogen-bond donors (Lipinski definition) is 3. The van der Waals surface area contributed by atoms with Crippen molar-refractivity contribution in [1.29, 1.82) is 0 Å². The molecular formula is C26H35F2N3O4. The summed E-state index contributed by atoms with van der Waals surface area (Å²) in [7, 11) is 0. The molecule has 4 N–H and O–H groups in total. The molecule has 0 radical (unpaired) electrons. The number of fused-ring (bicyclic) bond motifs is 1. The second-order valence-electron chi connectivity index (χ2n) is 11.3. The first kappa shape index (κ1) is 24.4. The number of carbonyl (C=O) groups is 2. The van der Waals surface area contributed by atoms with Crippen LogP contribution in [0.3, 0.4) is 0 Å². The zero-order valence-corrected chi connectivity index (χ0v) is 20.2. The summed E-state index contributed by atoms with van der Waals surface area (Å²) in [5, 5.41) is 14.8. The van der Waals surface area contributed by atoms with E-state index in [1.165, 1.54) is 0 Å². The molecule has 2 heterocycles. The van der Waals surface area contributed by atoms with Crippen LogP contribution in [0.15, 0.2) is 6.07 Å². The summed E-state index contributed by atoms with van der Waals surface area (Å²) in [4.78, 5) is 29.9. The maximum atomic E-state index is 13.9. The van der Waals surface area contributed by atoms with Crippen molar-refractivity contribution in [3.8, 4) is 5.75 Å². The molecule has 3 fully saturated rings. The van der Waals surface area contributed by atoms with Crippen LogP contribution in [0, 0.1) is 11.8 Å². The molecule has 2 atom stereocenters. The number of alkyl halides is 2. The molecule has 0 spiro atoms. The van der Waals surface area contributed by atoms with E-state index in [-0.39, 0.29) is 36.6 Å². The molecule has 2 amide bonds. The topological polar surface area (TPSA) is 115 Å². The van der Waals surface area contributed by atoms with Crippen molar-refractivity contribution < 1.29 is 28.2 Å². The van der Waals surface area contributed by atoms with Gasteiger partial charge in [-0.05, 0) is 38.7 Å². The molecule has 0 saturated heterocycles. The fourth-order valence-corrected chi connectivity index (χ4v) is 5.97.